The summed E-state index contributed by atoms with van der Waals surface area (Å²) < 4.78 is 39.6. The van der Waals surface area contributed by atoms with E-state index in [4.69, 9.17) is 0 Å². The van der Waals surface area contributed by atoms with Crippen molar-refractivity contribution in [2.75, 3.05) is 0 Å². The standard InChI is InChI=1S/C15H19F3O/c1-2-9-3-5-10(6-4-9)15(19)11-7-13(17)14(18)8-12(11)16/h7-10,15,19H,2-6H2,1H3. The molecule has 1 saturated carbocycles. The second-order valence-electron chi connectivity index (χ2n) is 5.42. The van der Waals surface area contributed by atoms with Crippen LogP contribution in [0.15, 0.2) is 12.1 Å². The molecule has 1 fully saturated rings. The van der Waals surface area contributed by atoms with Crippen LogP contribution in [0.25, 0.3) is 0 Å². The molecule has 1 atom stereocenters. The molecule has 0 saturated heterocycles. The minimum absolute atomic E-state index is 0.0674. The van der Waals surface area contributed by atoms with E-state index in [9.17, 15) is 18.3 Å². The molecule has 1 nitrogen and oxygen atoms in total. The molecule has 19 heavy (non-hydrogen) atoms. The summed E-state index contributed by atoms with van der Waals surface area (Å²) in [6.07, 6.45) is 3.68. The summed E-state index contributed by atoms with van der Waals surface area (Å²) in [7, 11) is 0. The minimum Gasteiger partial charge on any atom is -0.388 e. The fourth-order valence-electron chi connectivity index (χ4n) is 2.93. The Balaban J connectivity index is 2.12. The Morgan fingerprint density at radius 3 is 2.21 bits per heavy atom. The van der Waals surface area contributed by atoms with Gasteiger partial charge in [0.05, 0.1) is 6.10 Å². The quantitative estimate of drug-likeness (QED) is 0.811. The van der Waals surface area contributed by atoms with Crippen LogP contribution < -0.4 is 0 Å². The van der Waals surface area contributed by atoms with Gasteiger partial charge in [-0.3, -0.25) is 0 Å². The van der Waals surface area contributed by atoms with Gasteiger partial charge in [0, 0.05) is 11.6 Å². The second-order valence-corrected chi connectivity index (χ2v) is 5.42. The van der Waals surface area contributed by atoms with Gasteiger partial charge in [-0.25, -0.2) is 13.2 Å². The van der Waals surface area contributed by atoms with Gasteiger partial charge >= 0.3 is 0 Å². The van der Waals surface area contributed by atoms with Gasteiger partial charge in [-0.05, 0) is 30.7 Å². The molecule has 0 spiro atoms. The van der Waals surface area contributed by atoms with E-state index in [1.807, 2.05) is 0 Å². The first-order chi connectivity index (χ1) is 9.02. The Morgan fingerprint density at radius 2 is 1.63 bits per heavy atom. The summed E-state index contributed by atoms with van der Waals surface area (Å²) in [6.45, 7) is 2.14. The molecule has 2 rings (SSSR count). The molecular formula is C15H19F3O. The van der Waals surface area contributed by atoms with Gasteiger partial charge in [-0.2, -0.15) is 0 Å². The van der Waals surface area contributed by atoms with E-state index < -0.39 is 23.6 Å². The molecule has 0 radical (unpaired) electrons. The molecule has 0 aliphatic heterocycles. The van der Waals surface area contributed by atoms with E-state index in [2.05, 4.69) is 6.92 Å². The summed E-state index contributed by atoms with van der Waals surface area (Å²) in [6, 6.07) is 1.28. The molecule has 1 aromatic rings. The molecule has 1 aliphatic carbocycles. The maximum absolute atomic E-state index is 13.6. The Bertz CT molecular complexity index is 439. The number of benzene rings is 1. The largest absolute Gasteiger partial charge is 0.388 e. The van der Waals surface area contributed by atoms with E-state index in [-0.39, 0.29) is 11.5 Å². The van der Waals surface area contributed by atoms with E-state index >= 15 is 0 Å². The fourth-order valence-corrected chi connectivity index (χ4v) is 2.93. The second kappa shape index (κ2) is 5.95. The highest BCUT2D eigenvalue weighted by molar-refractivity contribution is 5.23. The smallest absolute Gasteiger partial charge is 0.161 e. The topological polar surface area (TPSA) is 20.2 Å². The van der Waals surface area contributed by atoms with Crippen molar-refractivity contribution in [1.29, 1.82) is 0 Å². The van der Waals surface area contributed by atoms with Crippen LogP contribution in [0.3, 0.4) is 0 Å². The van der Waals surface area contributed by atoms with Crippen molar-refractivity contribution < 1.29 is 18.3 Å². The van der Waals surface area contributed by atoms with Gasteiger partial charge in [0.25, 0.3) is 0 Å². The third-order valence-corrected chi connectivity index (χ3v) is 4.27. The van der Waals surface area contributed by atoms with Crippen LogP contribution in [-0.2, 0) is 0 Å². The first kappa shape index (κ1) is 14.4. The van der Waals surface area contributed by atoms with Crippen LogP contribution in [0.4, 0.5) is 13.2 Å². The summed E-state index contributed by atoms with van der Waals surface area (Å²) in [4.78, 5) is 0. The van der Waals surface area contributed by atoms with Crippen LogP contribution in [0, 0.1) is 29.3 Å². The summed E-state index contributed by atoms with van der Waals surface area (Å²) in [5, 5.41) is 10.2. The highest BCUT2D eigenvalue weighted by atomic mass is 19.2. The Labute approximate surface area is 111 Å². The Morgan fingerprint density at radius 1 is 1.05 bits per heavy atom. The molecular weight excluding hydrogens is 253 g/mol. The molecule has 0 aromatic heterocycles. The number of halogens is 3. The van der Waals surface area contributed by atoms with Crippen molar-refractivity contribution in [1.82, 2.24) is 0 Å². The molecule has 106 valence electrons. The van der Waals surface area contributed by atoms with E-state index in [0.717, 1.165) is 38.2 Å². The van der Waals surface area contributed by atoms with Crippen molar-refractivity contribution in [3.63, 3.8) is 0 Å². The lowest BCUT2D eigenvalue weighted by Gasteiger charge is -2.31. The highest BCUT2D eigenvalue weighted by Crippen LogP contribution is 2.38. The molecule has 1 N–H and O–H groups in total. The van der Waals surface area contributed by atoms with Crippen molar-refractivity contribution in [2.24, 2.45) is 11.8 Å². The van der Waals surface area contributed by atoms with Gasteiger partial charge in [0.2, 0.25) is 0 Å². The van der Waals surface area contributed by atoms with E-state index in [1.54, 1.807) is 0 Å². The number of hydrogen-bond acceptors (Lipinski definition) is 1. The zero-order chi connectivity index (χ0) is 14.0. The summed E-state index contributed by atoms with van der Waals surface area (Å²) in [5.41, 5.74) is -0.126. The van der Waals surface area contributed by atoms with E-state index in [1.165, 1.54) is 0 Å². The van der Waals surface area contributed by atoms with Crippen molar-refractivity contribution >= 4 is 0 Å². The normalized spacial score (nSPS) is 25.3. The third kappa shape index (κ3) is 3.11. The maximum Gasteiger partial charge on any atom is 0.161 e. The lowest BCUT2D eigenvalue weighted by Crippen LogP contribution is -2.21. The number of hydrogen-bond donors (Lipinski definition) is 1. The number of rotatable bonds is 3. The van der Waals surface area contributed by atoms with Gasteiger partial charge in [0.15, 0.2) is 11.6 Å². The van der Waals surface area contributed by atoms with E-state index in [0.29, 0.717) is 12.0 Å². The highest BCUT2D eigenvalue weighted by Gasteiger charge is 2.29. The molecule has 1 aromatic carbocycles. The van der Waals surface area contributed by atoms with Gasteiger partial charge < -0.3 is 5.11 Å². The average molecular weight is 272 g/mol. The van der Waals surface area contributed by atoms with Gasteiger partial charge in [-0.1, -0.05) is 26.2 Å². The Kier molecular flexibility index (Phi) is 4.50. The van der Waals surface area contributed by atoms with Crippen molar-refractivity contribution in [2.45, 2.75) is 45.1 Å². The molecule has 4 heteroatoms. The average Bonchev–Trinajstić information content (AvgIpc) is 2.42. The van der Waals surface area contributed by atoms with Gasteiger partial charge in [0.1, 0.15) is 5.82 Å². The van der Waals surface area contributed by atoms with Crippen molar-refractivity contribution in [3.8, 4) is 0 Å². The van der Waals surface area contributed by atoms with Crippen LogP contribution in [0.1, 0.15) is 50.7 Å². The molecule has 0 amide bonds. The Hall–Kier alpha value is -1.03. The van der Waals surface area contributed by atoms with Crippen LogP contribution in [-0.4, -0.2) is 5.11 Å². The maximum atomic E-state index is 13.6. The lowest BCUT2D eigenvalue weighted by molar-refractivity contribution is 0.0696. The zero-order valence-electron chi connectivity index (χ0n) is 11.0. The first-order valence-corrected chi connectivity index (χ1v) is 6.85. The predicted molar refractivity (Wildman–Crippen MR) is 67.0 cm³/mol. The fraction of sp³-hybridized carbons (Fsp3) is 0.600. The predicted octanol–water partition coefficient (Wildman–Crippen LogP) is 4.35. The number of aliphatic hydroxyl groups is 1. The first-order valence-electron chi connectivity index (χ1n) is 6.85. The molecule has 1 unspecified atom stereocenters. The molecule has 0 heterocycles. The van der Waals surface area contributed by atoms with Crippen LogP contribution in [0.2, 0.25) is 0 Å². The third-order valence-electron chi connectivity index (χ3n) is 4.27. The van der Waals surface area contributed by atoms with Crippen LogP contribution >= 0.6 is 0 Å². The molecule has 0 bridgehead atoms. The lowest BCUT2D eigenvalue weighted by atomic mass is 9.77. The summed E-state index contributed by atoms with van der Waals surface area (Å²) in [5.74, 6) is -2.61. The molecule has 1 aliphatic rings. The SMILES string of the molecule is CCC1CCC(C(O)c2cc(F)c(F)cc2F)CC1. The minimum atomic E-state index is -1.22. The van der Waals surface area contributed by atoms with Crippen LogP contribution in [0.5, 0.6) is 0 Å². The number of aliphatic hydroxyl groups excluding tert-OH is 1. The monoisotopic (exact) mass is 272 g/mol. The van der Waals surface area contributed by atoms with Crippen molar-refractivity contribution in [3.05, 3.63) is 35.1 Å². The summed E-state index contributed by atoms with van der Waals surface area (Å²) >= 11 is 0. The van der Waals surface area contributed by atoms with Gasteiger partial charge in [-0.15, -0.1) is 0 Å². The zero-order valence-corrected chi connectivity index (χ0v) is 11.0.